The summed E-state index contributed by atoms with van der Waals surface area (Å²) in [6.07, 6.45) is 5.63. The lowest BCUT2D eigenvalue weighted by molar-refractivity contribution is -0.151. The number of ether oxygens (including phenoxy) is 2. The van der Waals surface area contributed by atoms with Crippen molar-refractivity contribution in [3.8, 4) is 0 Å². The molecule has 0 radical (unpaired) electrons. The zero-order valence-corrected chi connectivity index (χ0v) is 14.2. The Hall–Kier alpha value is -0.750. The number of nitrogens with zero attached hydrogens (tertiary/aromatic N) is 2. The Morgan fingerprint density at radius 1 is 1.64 bits per heavy atom. The molecule has 22 heavy (non-hydrogen) atoms. The Morgan fingerprint density at radius 3 is 3.32 bits per heavy atom. The summed E-state index contributed by atoms with van der Waals surface area (Å²) in [5.74, 6) is 0. The molecule has 2 aliphatic heterocycles. The van der Waals surface area contributed by atoms with Gasteiger partial charge in [-0.1, -0.05) is 6.08 Å². The molecule has 0 saturated carbocycles. The monoisotopic (exact) mass is 322 g/mol. The van der Waals surface area contributed by atoms with Gasteiger partial charge >= 0.3 is 0 Å². The molecule has 0 N–H and O–H groups in total. The summed E-state index contributed by atoms with van der Waals surface area (Å²) >= 11 is 1.76. The molecule has 1 aromatic rings. The number of rotatable bonds is 6. The van der Waals surface area contributed by atoms with Crippen LogP contribution >= 0.6 is 11.3 Å². The van der Waals surface area contributed by atoms with Crippen molar-refractivity contribution in [2.75, 3.05) is 32.9 Å². The van der Waals surface area contributed by atoms with E-state index in [-0.39, 0.29) is 5.41 Å². The van der Waals surface area contributed by atoms with Gasteiger partial charge in [0.25, 0.3) is 0 Å². The van der Waals surface area contributed by atoms with E-state index in [2.05, 4.69) is 23.4 Å². The van der Waals surface area contributed by atoms with Crippen LogP contribution in [0.3, 0.4) is 0 Å². The number of hydrogen-bond acceptors (Lipinski definition) is 5. The first-order valence-corrected chi connectivity index (χ1v) is 9.03. The van der Waals surface area contributed by atoms with Crippen LogP contribution in [0.1, 0.15) is 29.8 Å². The maximum Gasteiger partial charge on any atom is 0.0798 e. The molecule has 0 spiro atoms. The van der Waals surface area contributed by atoms with Gasteiger partial charge in [0.15, 0.2) is 0 Å². The first kappa shape index (κ1) is 16.1. The van der Waals surface area contributed by atoms with Gasteiger partial charge in [0.05, 0.1) is 30.5 Å². The average molecular weight is 322 g/mol. The van der Waals surface area contributed by atoms with Crippen LogP contribution < -0.4 is 0 Å². The maximum absolute atomic E-state index is 6.08. The maximum atomic E-state index is 6.08. The van der Waals surface area contributed by atoms with Crippen LogP contribution in [0.2, 0.25) is 0 Å². The number of aryl methyl sites for hydroxylation is 1. The zero-order chi connectivity index (χ0) is 15.4. The van der Waals surface area contributed by atoms with Gasteiger partial charge in [0, 0.05) is 36.5 Å². The fraction of sp³-hybridized carbons (Fsp3) is 0.706. The lowest BCUT2D eigenvalue weighted by Crippen LogP contribution is -2.56. The molecule has 0 unspecified atom stereocenters. The summed E-state index contributed by atoms with van der Waals surface area (Å²) in [5, 5.41) is 0. The van der Waals surface area contributed by atoms with Gasteiger partial charge in [0.1, 0.15) is 0 Å². The molecule has 5 heteroatoms. The Bertz CT molecular complexity index is 505. The van der Waals surface area contributed by atoms with Crippen molar-refractivity contribution in [2.45, 2.75) is 38.8 Å². The van der Waals surface area contributed by atoms with E-state index in [0.717, 1.165) is 45.7 Å². The van der Waals surface area contributed by atoms with Crippen LogP contribution in [-0.2, 0) is 16.0 Å². The second-order valence-electron chi connectivity index (χ2n) is 6.49. The van der Waals surface area contributed by atoms with E-state index in [1.165, 1.54) is 17.0 Å². The summed E-state index contributed by atoms with van der Waals surface area (Å²) in [5.41, 5.74) is 3.27. The Balaban J connectivity index is 1.68. The molecule has 2 fully saturated rings. The van der Waals surface area contributed by atoms with Crippen LogP contribution in [-0.4, -0.2) is 48.9 Å². The molecule has 1 aromatic heterocycles. The molecule has 0 bridgehead atoms. The van der Waals surface area contributed by atoms with Crippen molar-refractivity contribution >= 4 is 11.3 Å². The lowest BCUT2D eigenvalue weighted by Gasteiger charge is -2.50. The fourth-order valence-electron chi connectivity index (χ4n) is 3.75. The molecule has 122 valence electrons. The van der Waals surface area contributed by atoms with Gasteiger partial charge in [0.2, 0.25) is 0 Å². The van der Waals surface area contributed by atoms with Gasteiger partial charge in [-0.15, -0.1) is 17.9 Å². The predicted octanol–water partition coefficient (Wildman–Crippen LogP) is 3.03. The van der Waals surface area contributed by atoms with Crippen LogP contribution in [0.25, 0.3) is 0 Å². The number of likely N-dealkylation sites (tertiary alicyclic amines) is 1. The number of piperidine rings is 1. The van der Waals surface area contributed by atoms with E-state index in [1.54, 1.807) is 11.3 Å². The first-order chi connectivity index (χ1) is 10.7. The van der Waals surface area contributed by atoms with Crippen molar-refractivity contribution in [2.24, 2.45) is 5.41 Å². The van der Waals surface area contributed by atoms with Gasteiger partial charge in [-0.3, -0.25) is 4.90 Å². The quantitative estimate of drug-likeness (QED) is 0.596. The zero-order valence-electron chi connectivity index (χ0n) is 13.4. The SMILES string of the molecule is C=CCOC[C@]12CCCO[C@H]1CCN(Cc1scnc1C)C2. The Labute approximate surface area is 137 Å². The molecule has 2 aliphatic rings. The summed E-state index contributed by atoms with van der Waals surface area (Å²) in [6, 6.07) is 0. The van der Waals surface area contributed by atoms with Crippen molar-refractivity contribution in [1.82, 2.24) is 9.88 Å². The van der Waals surface area contributed by atoms with Crippen LogP contribution in [0, 0.1) is 12.3 Å². The largest absolute Gasteiger partial charge is 0.377 e. The van der Waals surface area contributed by atoms with E-state index in [1.807, 2.05) is 11.6 Å². The van der Waals surface area contributed by atoms with Crippen molar-refractivity contribution in [3.63, 3.8) is 0 Å². The smallest absolute Gasteiger partial charge is 0.0798 e. The fourth-order valence-corrected chi connectivity index (χ4v) is 4.57. The highest BCUT2D eigenvalue weighted by Gasteiger charge is 2.46. The highest BCUT2D eigenvalue weighted by Crippen LogP contribution is 2.41. The van der Waals surface area contributed by atoms with Crippen molar-refractivity contribution in [3.05, 3.63) is 28.7 Å². The van der Waals surface area contributed by atoms with E-state index >= 15 is 0 Å². The minimum atomic E-state index is 0.151. The Morgan fingerprint density at radius 2 is 2.55 bits per heavy atom. The molecule has 2 saturated heterocycles. The van der Waals surface area contributed by atoms with Crippen molar-refractivity contribution in [1.29, 1.82) is 0 Å². The summed E-state index contributed by atoms with van der Waals surface area (Å²) in [4.78, 5) is 8.32. The van der Waals surface area contributed by atoms with Crippen molar-refractivity contribution < 1.29 is 9.47 Å². The van der Waals surface area contributed by atoms with Gasteiger partial charge in [-0.2, -0.15) is 0 Å². The third kappa shape index (κ3) is 3.43. The van der Waals surface area contributed by atoms with E-state index in [9.17, 15) is 0 Å². The molecule has 0 aliphatic carbocycles. The van der Waals surface area contributed by atoms with Gasteiger partial charge in [-0.25, -0.2) is 4.98 Å². The second-order valence-corrected chi connectivity index (χ2v) is 7.43. The predicted molar refractivity (Wildman–Crippen MR) is 89.2 cm³/mol. The third-order valence-electron chi connectivity index (χ3n) is 4.90. The molecule has 0 aromatic carbocycles. The summed E-state index contributed by atoms with van der Waals surface area (Å²) < 4.78 is 11.9. The molecular weight excluding hydrogens is 296 g/mol. The van der Waals surface area contributed by atoms with E-state index in [0.29, 0.717) is 12.7 Å². The van der Waals surface area contributed by atoms with Crippen LogP contribution in [0.15, 0.2) is 18.2 Å². The van der Waals surface area contributed by atoms with Crippen LogP contribution in [0.5, 0.6) is 0 Å². The molecule has 2 atom stereocenters. The molecule has 3 heterocycles. The van der Waals surface area contributed by atoms with E-state index in [4.69, 9.17) is 9.47 Å². The molecular formula is C17H26N2O2S. The molecule has 3 rings (SSSR count). The van der Waals surface area contributed by atoms with E-state index < -0.39 is 0 Å². The standard InChI is InChI=1S/C17H26N2O2S/c1-3-8-20-12-17-6-4-9-21-16(17)5-7-19(11-17)10-15-14(2)18-13-22-15/h3,13,16H,1,4-12H2,2H3/t16-,17+/m0/s1. The number of fused-ring (bicyclic) bond motifs is 1. The first-order valence-electron chi connectivity index (χ1n) is 8.15. The third-order valence-corrected chi connectivity index (χ3v) is 5.82. The summed E-state index contributed by atoms with van der Waals surface area (Å²) in [6.45, 7) is 11.3. The second kappa shape index (κ2) is 7.21. The number of hydrogen-bond donors (Lipinski definition) is 0. The highest BCUT2D eigenvalue weighted by atomic mass is 32.1. The number of aromatic nitrogens is 1. The van der Waals surface area contributed by atoms with Gasteiger partial charge < -0.3 is 9.47 Å². The highest BCUT2D eigenvalue weighted by molar-refractivity contribution is 7.09. The molecule has 0 amide bonds. The minimum Gasteiger partial charge on any atom is -0.377 e. The lowest BCUT2D eigenvalue weighted by atomic mass is 9.73. The van der Waals surface area contributed by atoms with Gasteiger partial charge in [-0.05, 0) is 26.2 Å². The minimum absolute atomic E-state index is 0.151. The normalized spacial score (nSPS) is 29.2. The number of thiazole rings is 1. The Kier molecular flexibility index (Phi) is 5.29. The van der Waals surface area contributed by atoms with Crippen LogP contribution in [0.4, 0.5) is 0 Å². The summed E-state index contributed by atoms with van der Waals surface area (Å²) in [7, 11) is 0. The average Bonchev–Trinajstić information content (AvgIpc) is 2.92. The molecule has 4 nitrogen and oxygen atoms in total. The topological polar surface area (TPSA) is 34.6 Å².